The lowest BCUT2D eigenvalue weighted by Gasteiger charge is -2.10. The van der Waals surface area contributed by atoms with Gasteiger partial charge in [0.25, 0.3) is 0 Å². The summed E-state index contributed by atoms with van der Waals surface area (Å²) in [5.74, 6) is 0.453. The van der Waals surface area contributed by atoms with E-state index in [0.29, 0.717) is 11.3 Å². The van der Waals surface area contributed by atoms with Gasteiger partial charge in [-0.05, 0) is 43.3 Å². The lowest BCUT2D eigenvalue weighted by Crippen LogP contribution is -2.22. The van der Waals surface area contributed by atoms with Crippen LogP contribution in [-0.4, -0.2) is 25.3 Å². The number of hydrogen-bond donors (Lipinski definition) is 2. The average Bonchev–Trinajstić information content (AvgIpc) is 2.53. The number of carbonyl (C=O) groups is 2. The van der Waals surface area contributed by atoms with Crippen molar-refractivity contribution in [1.29, 1.82) is 0 Å². The highest BCUT2D eigenvalue weighted by Gasteiger charge is 2.09. The van der Waals surface area contributed by atoms with E-state index in [9.17, 15) is 9.59 Å². The van der Waals surface area contributed by atoms with Crippen LogP contribution in [0.3, 0.4) is 0 Å². The molecular formula is C17H18N2O3. The third-order valence-corrected chi connectivity index (χ3v) is 3.12. The van der Waals surface area contributed by atoms with Gasteiger partial charge in [-0.2, -0.15) is 0 Å². The number of carbonyl (C=O) groups excluding carboxylic acids is 2. The molecule has 0 unspecified atom stereocenters. The first kappa shape index (κ1) is 15.6. The standard InChI is InChI=1S/C17H18N2O3/c1-12(20)15-5-3-4-6-16(15)19-17(21)11-18-13-7-9-14(22-2)10-8-13/h3-10,18H,11H2,1-2H3,(H,19,21). The third kappa shape index (κ3) is 4.09. The van der Waals surface area contributed by atoms with Crippen LogP contribution in [0.25, 0.3) is 0 Å². The predicted octanol–water partition coefficient (Wildman–Crippen LogP) is 2.95. The van der Waals surface area contributed by atoms with Crippen LogP contribution in [-0.2, 0) is 4.79 Å². The van der Waals surface area contributed by atoms with Crippen LogP contribution in [0.4, 0.5) is 11.4 Å². The van der Waals surface area contributed by atoms with E-state index >= 15 is 0 Å². The zero-order chi connectivity index (χ0) is 15.9. The van der Waals surface area contributed by atoms with E-state index in [1.807, 2.05) is 24.3 Å². The molecule has 2 aromatic carbocycles. The van der Waals surface area contributed by atoms with Crippen molar-refractivity contribution in [3.63, 3.8) is 0 Å². The van der Waals surface area contributed by atoms with E-state index in [2.05, 4.69) is 10.6 Å². The lowest BCUT2D eigenvalue weighted by molar-refractivity contribution is -0.114. The Balaban J connectivity index is 1.94. The van der Waals surface area contributed by atoms with E-state index in [1.54, 1.807) is 31.4 Å². The summed E-state index contributed by atoms with van der Waals surface area (Å²) in [6.07, 6.45) is 0. The summed E-state index contributed by atoms with van der Waals surface area (Å²) < 4.78 is 5.07. The fourth-order valence-corrected chi connectivity index (χ4v) is 1.98. The van der Waals surface area contributed by atoms with E-state index in [-0.39, 0.29) is 18.2 Å². The van der Waals surface area contributed by atoms with Crippen LogP contribution in [0.15, 0.2) is 48.5 Å². The van der Waals surface area contributed by atoms with Gasteiger partial charge in [-0.15, -0.1) is 0 Å². The Kier molecular flexibility index (Phi) is 5.14. The number of benzene rings is 2. The summed E-state index contributed by atoms with van der Waals surface area (Å²) in [6, 6.07) is 14.2. The van der Waals surface area contributed by atoms with Crippen molar-refractivity contribution in [3.8, 4) is 5.75 Å². The van der Waals surface area contributed by atoms with Crippen molar-refractivity contribution in [2.24, 2.45) is 0 Å². The molecule has 0 aliphatic rings. The summed E-state index contributed by atoms with van der Waals surface area (Å²) in [5.41, 5.74) is 1.84. The minimum Gasteiger partial charge on any atom is -0.497 e. The predicted molar refractivity (Wildman–Crippen MR) is 86.6 cm³/mol. The number of ketones is 1. The maximum absolute atomic E-state index is 12.0. The maximum Gasteiger partial charge on any atom is 0.243 e. The van der Waals surface area contributed by atoms with Gasteiger partial charge in [0.2, 0.25) is 5.91 Å². The van der Waals surface area contributed by atoms with E-state index in [4.69, 9.17) is 4.74 Å². The molecular weight excluding hydrogens is 280 g/mol. The molecule has 0 fully saturated rings. The molecule has 0 saturated carbocycles. The summed E-state index contributed by atoms with van der Waals surface area (Å²) in [4.78, 5) is 23.5. The normalized spacial score (nSPS) is 9.91. The topological polar surface area (TPSA) is 67.4 Å². The van der Waals surface area contributed by atoms with Gasteiger partial charge in [-0.1, -0.05) is 12.1 Å². The van der Waals surface area contributed by atoms with Crippen LogP contribution in [0, 0.1) is 0 Å². The molecule has 22 heavy (non-hydrogen) atoms. The molecule has 2 N–H and O–H groups in total. The van der Waals surface area contributed by atoms with E-state index in [0.717, 1.165) is 11.4 Å². The molecule has 0 bridgehead atoms. The van der Waals surface area contributed by atoms with Gasteiger partial charge >= 0.3 is 0 Å². The maximum atomic E-state index is 12.0. The van der Waals surface area contributed by atoms with E-state index in [1.165, 1.54) is 6.92 Å². The Morgan fingerprint density at radius 3 is 2.36 bits per heavy atom. The molecule has 5 nitrogen and oxygen atoms in total. The average molecular weight is 298 g/mol. The Morgan fingerprint density at radius 1 is 1.05 bits per heavy atom. The van der Waals surface area contributed by atoms with Gasteiger partial charge in [0.15, 0.2) is 5.78 Å². The third-order valence-electron chi connectivity index (χ3n) is 3.12. The lowest BCUT2D eigenvalue weighted by atomic mass is 10.1. The first-order valence-corrected chi connectivity index (χ1v) is 6.88. The zero-order valence-electron chi connectivity index (χ0n) is 12.6. The van der Waals surface area contributed by atoms with Gasteiger partial charge in [0.1, 0.15) is 5.75 Å². The SMILES string of the molecule is COc1ccc(NCC(=O)Nc2ccccc2C(C)=O)cc1. The first-order chi connectivity index (χ1) is 10.6. The molecule has 114 valence electrons. The largest absolute Gasteiger partial charge is 0.497 e. The Morgan fingerprint density at radius 2 is 1.73 bits per heavy atom. The highest BCUT2D eigenvalue weighted by molar-refractivity contribution is 6.04. The second kappa shape index (κ2) is 7.26. The molecule has 0 spiro atoms. The Bertz CT molecular complexity index is 666. The van der Waals surface area contributed by atoms with Gasteiger partial charge in [-0.3, -0.25) is 9.59 Å². The molecule has 0 aromatic heterocycles. The summed E-state index contributed by atoms with van der Waals surface area (Å²) in [5, 5.41) is 5.75. The number of rotatable bonds is 6. The number of nitrogens with one attached hydrogen (secondary N) is 2. The van der Waals surface area contributed by atoms with Crippen molar-refractivity contribution >= 4 is 23.1 Å². The van der Waals surface area contributed by atoms with Gasteiger partial charge in [0.05, 0.1) is 19.3 Å². The number of Topliss-reactive ketones (excluding diaryl/α,β-unsaturated/α-hetero) is 1. The Labute approximate surface area is 129 Å². The molecule has 0 aliphatic heterocycles. The van der Waals surface area contributed by atoms with Crippen molar-refractivity contribution in [3.05, 3.63) is 54.1 Å². The quantitative estimate of drug-likeness (QED) is 0.805. The minimum atomic E-state index is -0.218. The van der Waals surface area contributed by atoms with Crippen molar-refractivity contribution in [2.45, 2.75) is 6.92 Å². The molecule has 0 atom stereocenters. The highest BCUT2D eigenvalue weighted by Crippen LogP contribution is 2.16. The fraction of sp³-hybridized carbons (Fsp3) is 0.176. The second-order valence-corrected chi connectivity index (χ2v) is 4.73. The van der Waals surface area contributed by atoms with Crippen molar-refractivity contribution in [2.75, 3.05) is 24.3 Å². The fourth-order valence-electron chi connectivity index (χ4n) is 1.98. The molecule has 0 heterocycles. The molecule has 1 amide bonds. The number of methoxy groups -OCH3 is 1. The molecule has 2 aromatic rings. The summed E-state index contributed by atoms with van der Waals surface area (Å²) >= 11 is 0. The zero-order valence-corrected chi connectivity index (χ0v) is 12.6. The van der Waals surface area contributed by atoms with Crippen molar-refractivity contribution < 1.29 is 14.3 Å². The smallest absolute Gasteiger partial charge is 0.243 e. The first-order valence-electron chi connectivity index (χ1n) is 6.88. The van der Waals surface area contributed by atoms with Crippen LogP contribution in [0.2, 0.25) is 0 Å². The number of ether oxygens (including phenoxy) is 1. The summed E-state index contributed by atoms with van der Waals surface area (Å²) in [7, 11) is 1.60. The van der Waals surface area contributed by atoms with Gasteiger partial charge in [-0.25, -0.2) is 0 Å². The van der Waals surface area contributed by atoms with Gasteiger partial charge < -0.3 is 15.4 Å². The van der Waals surface area contributed by atoms with E-state index < -0.39 is 0 Å². The van der Waals surface area contributed by atoms with Crippen LogP contribution >= 0.6 is 0 Å². The van der Waals surface area contributed by atoms with Crippen LogP contribution in [0.5, 0.6) is 5.75 Å². The van der Waals surface area contributed by atoms with Crippen LogP contribution in [0.1, 0.15) is 17.3 Å². The monoisotopic (exact) mass is 298 g/mol. The number of hydrogen-bond acceptors (Lipinski definition) is 4. The van der Waals surface area contributed by atoms with Crippen molar-refractivity contribution in [1.82, 2.24) is 0 Å². The number of anilines is 2. The molecule has 2 rings (SSSR count). The molecule has 0 radical (unpaired) electrons. The molecule has 0 saturated heterocycles. The highest BCUT2D eigenvalue weighted by atomic mass is 16.5. The van der Waals surface area contributed by atoms with Crippen LogP contribution < -0.4 is 15.4 Å². The number of amides is 1. The second-order valence-electron chi connectivity index (χ2n) is 4.73. The molecule has 5 heteroatoms. The molecule has 0 aliphatic carbocycles. The Hall–Kier alpha value is -2.82. The number of para-hydroxylation sites is 1. The minimum absolute atomic E-state index is 0.0842. The summed E-state index contributed by atoms with van der Waals surface area (Å²) in [6.45, 7) is 1.58. The van der Waals surface area contributed by atoms with Gasteiger partial charge in [0, 0.05) is 11.3 Å².